The first-order valence-electron chi connectivity index (χ1n) is 7.21. The Morgan fingerprint density at radius 2 is 1.73 bits per heavy atom. The number of carbonyl (C=O) groups is 1. The molecule has 1 aromatic carbocycles. The van der Waals surface area contributed by atoms with Gasteiger partial charge in [0.1, 0.15) is 5.75 Å². The monoisotopic (exact) mass is 326 g/mol. The summed E-state index contributed by atoms with van der Waals surface area (Å²) in [4.78, 5) is 13.8. The summed E-state index contributed by atoms with van der Waals surface area (Å²) in [6.07, 6.45) is 1.12. The van der Waals surface area contributed by atoms with Crippen molar-refractivity contribution in [2.45, 2.75) is 17.7 Å². The minimum atomic E-state index is -3.50. The van der Waals surface area contributed by atoms with Gasteiger partial charge in [-0.05, 0) is 37.1 Å². The Bertz CT molecular complexity index is 617. The second-order valence-corrected chi connectivity index (χ2v) is 7.52. The SMILES string of the molecule is COc1ccc(S(=O)(=O)N2CCC(C(=O)N(C)C)CC2)cc1. The quantitative estimate of drug-likeness (QED) is 0.833. The van der Waals surface area contributed by atoms with Gasteiger partial charge < -0.3 is 9.64 Å². The fraction of sp³-hybridized carbons (Fsp3) is 0.533. The van der Waals surface area contributed by atoms with E-state index in [1.54, 1.807) is 43.3 Å². The number of nitrogens with zero attached hydrogens (tertiary/aromatic N) is 2. The van der Waals surface area contributed by atoms with Crippen LogP contribution in [0.2, 0.25) is 0 Å². The highest BCUT2D eigenvalue weighted by Crippen LogP contribution is 2.25. The van der Waals surface area contributed by atoms with Gasteiger partial charge in [-0.2, -0.15) is 4.31 Å². The molecule has 1 aliphatic heterocycles. The summed E-state index contributed by atoms with van der Waals surface area (Å²) in [7, 11) is 1.48. The summed E-state index contributed by atoms with van der Waals surface area (Å²) in [5.41, 5.74) is 0. The first-order valence-corrected chi connectivity index (χ1v) is 8.65. The van der Waals surface area contributed by atoms with Gasteiger partial charge in [0.25, 0.3) is 0 Å². The number of hydrogen-bond acceptors (Lipinski definition) is 4. The van der Waals surface area contributed by atoms with Gasteiger partial charge in [0.15, 0.2) is 0 Å². The van der Waals surface area contributed by atoms with E-state index in [-0.39, 0.29) is 16.7 Å². The summed E-state index contributed by atoms with van der Waals surface area (Å²) >= 11 is 0. The van der Waals surface area contributed by atoms with Crippen molar-refractivity contribution in [1.29, 1.82) is 0 Å². The number of ether oxygens (including phenoxy) is 1. The average Bonchev–Trinajstić information content (AvgIpc) is 2.54. The Kier molecular flexibility index (Phi) is 5.08. The number of piperidine rings is 1. The average molecular weight is 326 g/mol. The maximum Gasteiger partial charge on any atom is 0.243 e. The van der Waals surface area contributed by atoms with Crippen LogP contribution >= 0.6 is 0 Å². The standard InChI is InChI=1S/C15H22N2O4S/c1-16(2)15(18)12-8-10-17(11-9-12)22(19,20)14-6-4-13(21-3)5-7-14/h4-7,12H,8-11H2,1-3H3. The molecule has 0 spiro atoms. The highest BCUT2D eigenvalue weighted by molar-refractivity contribution is 7.89. The van der Waals surface area contributed by atoms with Crippen LogP contribution in [0.1, 0.15) is 12.8 Å². The fourth-order valence-corrected chi connectivity index (χ4v) is 4.07. The maximum atomic E-state index is 12.6. The number of carbonyl (C=O) groups excluding carboxylic acids is 1. The lowest BCUT2D eigenvalue weighted by atomic mass is 9.97. The van der Waals surface area contributed by atoms with Crippen LogP contribution in [0.15, 0.2) is 29.2 Å². The van der Waals surface area contributed by atoms with Crippen LogP contribution in [-0.4, -0.2) is 57.8 Å². The summed E-state index contributed by atoms with van der Waals surface area (Å²) in [6.45, 7) is 0.747. The van der Waals surface area contributed by atoms with E-state index in [1.807, 2.05) is 0 Å². The van der Waals surface area contributed by atoms with Gasteiger partial charge in [-0.25, -0.2) is 8.42 Å². The Labute approximate surface area is 131 Å². The molecule has 0 aromatic heterocycles. The number of sulfonamides is 1. The molecule has 0 saturated carbocycles. The van der Waals surface area contributed by atoms with Crippen LogP contribution in [0.25, 0.3) is 0 Å². The number of benzene rings is 1. The van der Waals surface area contributed by atoms with Crippen LogP contribution in [-0.2, 0) is 14.8 Å². The lowest BCUT2D eigenvalue weighted by Gasteiger charge is -2.31. The minimum absolute atomic E-state index is 0.0708. The van der Waals surface area contributed by atoms with Crippen molar-refractivity contribution >= 4 is 15.9 Å². The Hall–Kier alpha value is -1.60. The van der Waals surface area contributed by atoms with Crippen molar-refractivity contribution in [3.8, 4) is 5.75 Å². The van der Waals surface area contributed by atoms with Crippen molar-refractivity contribution < 1.29 is 17.9 Å². The second-order valence-electron chi connectivity index (χ2n) is 5.59. The molecule has 0 aliphatic carbocycles. The third-order valence-electron chi connectivity index (χ3n) is 3.94. The van der Waals surface area contributed by atoms with Crippen molar-refractivity contribution in [2.75, 3.05) is 34.3 Å². The van der Waals surface area contributed by atoms with Gasteiger partial charge in [0.05, 0.1) is 12.0 Å². The van der Waals surface area contributed by atoms with Gasteiger partial charge in [-0.1, -0.05) is 0 Å². The number of hydrogen-bond donors (Lipinski definition) is 0. The third-order valence-corrected chi connectivity index (χ3v) is 5.85. The van der Waals surface area contributed by atoms with Crippen LogP contribution in [0.4, 0.5) is 0 Å². The highest BCUT2D eigenvalue weighted by atomic mass is 32.2. The molecule has 0 bridgehead atoms. The van der Waals surface area contributed by atoms with Crippen LogP contribution in [0.3, 0.4) is 0 Å². The largest absolute Gasteiger partial charge is 0.497 e. The summed E-state index contributed by atoms with van der Waals surface area (Å²) in [6, 6.07) is 6.36. The van der Waals surface area contributed by atoms with Crippen molar-refractivity contribution in [2.24, 2.45) is 5.92 Å². The lowest BCUT2D eigenvalue weighted by molar-refractivity contribution is -0.134. The molecule has 1 saturated heterocycles. The molecule has 1 fully saturated rings. The van der Waals surface area contributed by atoms with E-state index < -0.39 is 10.0 Å². The molecule has 1 heterocycles. The molecule has 1 aromatic rings. The molecule has 0 atom stereocenters. The van der Waals surface area contributed by atoms with Gasteiger partial charge in [-0.3, -0.25) is 4.79 Å². The maximum absolute atomic E-state index is 12.6. The zero-order valence-corrected chi connectivity index (χ0v) is 14.0. The molecule has 0 N–H and O–H groups in total. The molecule has 1 aliphatic rings. The Balaban J connectivity index is 2.07. The molecule has 22 heavy (non-hydrogen) atoms. The minimum Gasteiger partial charge on any atom is -0.497 e. The van der Waals surface area contributed by atoms with Crippen LogP contribution in [0.5, 0.6) is 5.75 Å². The number of methoxy groups -OCH3 is 1. The van der Waals surface area contributed by atoms with E-state index in [2.05, 4.69) is 0 Å². The van der Waals surface area contributed by atoms with Gasteiger partial charge in [-0.15, -0.1) is 0 Å². The fourth-order valence-electron chi connectivity index (χ4n) is 2.61. The Morgan fingerprint density at radius 1 is 1.18 bits per heavy atom. The number of rotatable bonds is 4. The highest BCUT2D eigenvalue weighted by Gasteiger charge is 2.32. The van der Waals surface area contributed by atoms with E-state index in [0.29, 0.717) is 31.7 Å². The van der Waals surface area contributed by atoms with Crippen molar-refractivity contribution in [3.05, 3.63) is 24.3 Å². The van der Waals surface area contributed by atoms with Gasteiger partial charge in [0.2, 0.25) is 15.9 Å². The summed E-state index contributed by atoms with van der Waals surface area (Å²) in [5.74, 6) is 0.605. The molecule has 0 unspecified atom stereocenters. The van der Waals surface area contributed by atoms with E-state index in [9.17, 15) is 13.2 Å². The molecular weight excluding hydrogens is 304 g/mol. The summed E-state index contributed by atoms with van der Waals surface area (Å²) < 4.78 is 31.7. The first-order chi connectivity index (χ1) is 10.4. The van der Waals surface area contributed by atoms with Gasteiger partial charge in [0, 0.05) is 33.1 Å². The van der Waals surface area contributed by atoms with E-state index in [0.717, 1.165) is 0 Å². The second kappa shape index (κ2) is 6.66. The predicted octanol–water partition coefficient (Wildman–Crippen LogP) is 1.18. The molecular formula is C15H22N2O4S. The molecule has 2 rings (SSSR count). The van der Waals surface area contributed by atoms with Crippen LogP contribution in [0, 0.1) is 5.92 Å². The number of amides is 1. The normalized spacial score (nSPS) is 17.2. The third kappa shape index (κ3) is 3.41. The lowest BCUT2D eigenvalue weighted by Crippen LogP contribution is -2.42. The Morgan fingerprint density at radius 3 is 2.18 bits per heavy atom. The van der Waals surface area contributed by atoms with Crippen molar-refractivity contribution in [1.82, 2.24) is 9.21 Å². The molecule has 1 amide bonds. The zero-order chi connectivity index (χ0) is 16.3. The van der Waals surface area contributed by atoms with E-state index >= 15 is 0 Å². The molecule has 6 nitrogen and oxygen atoms in total. The van der Waals surface area contributed by atoms with E-state index in [1.165, 1.54) is 11.4 Å². The van der Waals surface area contributed by atoms with Crippen molar-refractivity contribution in [3.63, 3.8) is 0 Å². The topological polar surface area (TPSA) is 66.9 Å². The van der Waals surface area contributed by atoms with E-state index in [4.69, 9.17) is 4.74 Å². The predicted molar refractivity (Wildman–Crippen MR) is 83.2 cm³/mol. The summed E-state index contributed by atoms with van der Waals surface area (Å²) in [5, 5.41) is 0. The van der Waals surface area contributed by atoms with Crippen LogP contribution < -0.4 is 4.74 Å². The van der Waals surface area contributed by atoms with Gasteiger partial charge >= 0.3 is 0 Å². The smallest absolute Gasteiger partial charge is 0.243 e. The first kappa shape index (κ1) is 16.8. The molecule has 7 heteroatoms. The zero-order valence-electron chi connectivity index (χ0n) is 13.2. The molecule has 122 valence electrons. The molecule has 0 radical (unpaired) electrons.